The van der Waals surface area contributed by atoms with Crippen LogP contribution in [0.5, 0.6) is 5.75 Å². The average molecular weight is 318 g/mol. The molecule has 0 fully saturated rings. The summed E-state index contributed by atoms with van der Waals surface area (Å²) in [5, 5.41) is 11.2. The number of carbonyl (C=O) groups is 1. The van der Waals surface area contributed by atoms with Crippen LogP contribution in [0.3, 0.4) is 0 Å². The summed E-state index contributed by atoms with van der Waals surface area (Å²) in [5.41, 5.74) is 0. The highest BCUT2D eigenvalue weighted by Crippen LogP contribution is 2.19. The number of nitrogens with one attached hydrogen (secondary N) is 1. The Labute approximate surface area is 133 Å². The van der Waals surface area contributed by atoms with E-state index in [9.17, 15) is 9.18 Å². The molecule has 0 bridgehead atoms. The molecule has 1 atom stereocenters. The summed E-state index contributed by atoms with van der Waals surface area (Å²) < 4.78 is 20.3. The van der Waals surface area contributed by atoms with Gasteiger partial charge in [-0.2, -0.15) is 0 Å². The van der Waals surface area contributed by atoms with Crippen LogP contribution in [0.15, 0.2) is 24.3 Å². The maximum Gasteiger partial charge on any atom is 0.224 e. The van der Waals surface area contributed by atoms with Crippen molar-refractivity contribution in [3.05, 3.63) is 41.7 Å². The number of aromatic nitrogens is 3. The van der Waals surface area contributed by atoms with Crippen LogP contribution < -0.4 is 10.1 Å². The van der Waals surface area contributed by atoms with Crippen LogP contribution in [0, 0.1) is 5.82 Å². The van der Waals surface area contributed by atoms with Gasteiger partial charge in [0.1, 0.15) is 17.4 Å². The molecule has 122 valence electrons. The van der Waals surface area contributed by atoms with E-state index in [1.54, 1.807) is 0 Å². The lowest BCUT2D eigenvalue weighted by atomic mass is 10.3. The molecule has 1 aromatic heterocycles. The van der Waals surface area contributed by atoms with Gasteiger partial charge in [-0.15, -0.1) is 10.2 Å². The minimum Gasteiger partial charge on any atom is -0.493 e. The molecule has 0 saturated carbocycles. The van der Waals surface area contributed by atoms with Crippen molar-refractivity contribution < 1.29 is 13.9 Å². The Kier molecular flexibility index (Phi) is 4.55. The molecule has 2 heterocycles. The first kappa shape index (κ1) is 15.5. The van der Waals surface area contributed by atoms with E-state index in [1.807, 2.05) is 6.92 Å². The third-order valence-electron chi connectivity index (χ3n) is 3.81. The lowest BCUT2D eigenvalue weighted by Crippen LogP contribution is -2.29. The zero-order chi connectivity index (χ0) is 16.2. The Morgan fingerprint density at radius 1 is 1.39 bits per heavy atom. The molecule has 0 spiro atoms. The number of nitrogens with zero attached hydrogens (tertiary/aromatic N) is 3. The maximum atomic E-state index is 12.8. The Morgan fingerprint density at radius 2 is 2.17 bits per heavy atom. The second-order valence-electron chi connectivity index (χ2n) is 5.57. The summed E-state index contributed by atoms with van der Waals surface area (Å²) in [6.45, 7) is 3.04. The summed E-state index contributed by atoms with van der Waals surface area (Å²) in [4.78, 5) is 12.0. The molecule has 1 N–H and O–H groups in total. The van der Waals surface area contributed by atoms with E-state index in [4.69, 9.17) is 4.74 Å². The molecular weight excluding hydrogens is 299 g/mol. The SMILES string of the molecule is C[C@@H](NC(=O)CCOc1ccc(F)cc1)c1nnc2n1CCC2. The van der Waals surface area contributed by atoms with Gasteiger partial charge in [0.2, 0.25) is 5.91 Å². The number of fused-ring (bicyclic) bond motifs is 1. The van der Waals surface area contributed by atoms with E-state index in [1.165, 1.54) is 24.3 Å². The normalized spacial score (nSPS) is 14.3. The monoisotopic (exact) mass is 318 g/mol. The molecule has 0 saturated heterocycles. The molecule has 0 unspecified atom stereocenters. The third-order valence-corrected chi connectivity index (χ3v) is 3.81. The van der Waals surface area contributed by atoms with Crippen LogP contribution in [-0.4, -0.2) is 27.3 Å². The second-order valence-corrected chi connectivity index (χ2v) is 5.57. The van der Waals surface area contributed by atoms with E-state index >= 15 is 0 Å². The average Bonchev–Trinajstić information content (AvgIpc) is 3.12. The number of benzene rings is 1. The Hall–Kier alpha value is -2.44. The van der Waals surface area contributed by atoms with E-state index < -0.39 is 0 Å². The lowest BCUT2D eigenvalue weighted by molar-refractivity contribution is -0.122. The fourth-order valence-corrected chi connectivity index (χ4v) is 2.66. The molecule has 6 nitrogen and oxygen atoms in total. The minimum absolute atomic E-state index is 0.116. The van der Waals surface area contributed by atoms with Crippen LogP contribution in [0.2, 0.25) is 0 Å². The molecule has 2 aromatic rings. The van der Waals surface area contributed by atoms with E-state index in [0.29, 0.717) is 5.75 Å². The highest BCUT2D eigenvalue weighted by Gasteiger charge is 2.22. The molecular formula is C16H19FN4O2. The van der Waals surface area contributed by atoms with Crippen molar-refractivity contribution in [3.63, 3.8) is 0 Å². The van der Waals surface area contributed by atoms with Crippen molar-refractivity contribution in [1.29, 1.82) is 0 Å². The van der Waals surface area contributed by atoms with Crippen LogP contribution in [0.25, 0.3) is 0 Å². The summed E-state index contributed by atoms with van der Waals surface area (Å²) in [6.07, 6.45) is 2.24. The van der Waals surface area contributed by atoms with Crippen molar-refractivity contribution in [1.82, 2.24) is 20.1 Å². The van der Waals surface area contributed by atoms with Crippen molar-refractivity contribution in [2.24, 2.45) is 0 Å². The first-order valence-electron chi connectivity index (χ1n) is 7.73. The lowest BCUT2D eigenvalue weighted by Gasteiger charge is -2.14. The van der Waals surface area contributed by atoms with Crippen LogP contribution in [0.4, 0.5) is 4.39 Å². The highest BCUT2D eigenvalue weighted by molar-refractivity contribution is 5.76. The predicted molar refractivity (Wildman–Crippen MR) is 81.4 cm³/mol. The van der Waals surface area contributed by atoms with Gasteiger partial charge in [-0.1, -0.05) is 0 Å². The van der Waals surface area contributed by atoms with Gasteiger partial charge in [0.05, 0.1) is 19.1 Å². The van der Waals surface area contributed by atoms with Crippen molar-refractivity contribution in [2.75, 3.05) is 6.61 Å². The quantitative estimate of drug-likeness (QED) is 0.884. The number of aryl methyl sites for hydroxylation is 1. The number of rotatable bonds is 6. The molecule has 7 heteroatoms. The number of carbonyl (C=O) groups excluding carboxylic acids is 1. The standard InChI is InChI=1S/C16H19FN4O2/c1-11(16-20-19-14-3-2-9-21(14)16)18-15(22)8-10-23-13-6-4-12(17)5-7-13/h4-7,11H,2-3,8-10H2,1H3,(H,18,22)/t11-/m1/s1. The first-order chi connectivity index (χ1) is 11.1. The van der Waals surface area contributed by atoms with Gasteiger partial charge in [-0.05, 0) is 37.6 Å². The topological polar surface area (TPSA) is 69.0 Å². The number of ether oxygens (including phenoxy) is 1. The predicted octanol–water partition coefficient (Wildman–Crippen LogP) is 2.01. The summed E-state index contributed by atoms with van der Waals surface area (Å²) in [7, 11) is 0. The van der Waals surface area contributed by atoms with Gasteiger partial charge in [-0.25, -0.2) is 4.39 Å². The van der Waals surface area contributed by atoms with Gasteiger partial charge in [-0.3, -0.25) is 4.79 Å². The molecule has 23 heavy (non-hydrogen) atoms. The molecule has 1 aromatic carbocycles. The first-order valence-corrected chi connectivity index (χ1v) is 7.73. The van der Waals surface area contributed by atoms with E-state index in [-0.39, 0.29) is 30.8 Å². The smallest absolute Gasteiger partial charge is 0.224 e. The molecule has 0 aliphatic carbocycles. The van der Waals surface area contributed by atoms with Gasteiger partial charge < -0.3 is 14.6 Å². The fourth-order valence-electron chi connectivity index (χ4n) is 2.66. The zero-order valence-electron chi connectivity index (χ0n) is 13.0. The number of hydrogen-bond donors (Lipinski definition) is 1. The van der Waals surface area contributed by atoms with Crippen molar-refractivity contribution >= 4 is 5.91 Å². The summed E-state index contributed by atoms with van der Waals surface area (Å²) >= 11 is 0. The van der Waals surface area contributed by atoms with Crippen molar-refractivity contribution in [2.45, 2.75) is 38.8 Å². The second kappa shape index (κ2) is 6.76. The molecule has 1 amide bonds. The number of amides is 1. The number of halogens is 1. The van der Waals surface area contributed by atoms with Crippen LogP contribution in [0.1, 0.15) is 37.5 Å². The zero-order valence-corrected chi connectivity index (χ0v) is 13.0. The van der Waals surface area contributed by atoms with Crippen LogP contribution >= 0.6 is 0 Å². The highest BCUT2D eigenvalue weighted by atomic mass is 19.1. The molecule has 0 radical (unpaired) electrons. The van der Waals surface area contributed by atoms with Crippen LogP contribution in [-0.2, 0) is 17.8 Å². The third kappa shape index (κ3) is 3.67. The maximum absolute atomic E-state index is 12.8. The van der Waals surface area contributed by atoms with Gasteiger partial charge in [0.15, 0.2) is 5.82 Å². The Balaban J connectivity index is 1.46. The molecule has 1 aliphatic rings. The van der Waals surface area contributed by atoms with Gasteiger partial charge in [0.25, 0.3) is 0 Å². The van der Waals surface area contributed by atoms with Gasteiger partial charge in [0, 0.05) is 13.0 Å². The molecule has 3 rings (SSSR count). The minimum atomic E-state index is -0.315. The van der Waals surface area contributed by atoms with Crippen molar-refractivity contribution in [3.8, 4) is 5.75 Å². The summed E-state index contributed by atoms with van der Waals surface area (Å²) in [5.74, 6) is 1.90. The Morgan fingerprint density at radius 3 is 2.96 bits per heavy atom. The van der Waals surface area contributed by atoms with E-state index in [2.05, 4.69) is 20.1 Å². The van der Waals surface area contributed by atoms with E-state index in [0.717, 1.165) is 31.0 Å². The summed E-state index contributed by atoms with van der Waals surface area (Å²) in [6, 6.07) is 5.53. The molecule has 1 aliphatic heterocycles. The fraction of sp³-hybridized carbons (Fsp3) is 0.438. The van der Waals surface area contributed by atoms with Gasteiger partial charge >= 0.3 is 0 Å². The Bertz CT molecular complexity index is 684. The largest absolute Gasteiger partial charge is 0.493 e. The number of hydrogen-bond acceptors (Lipinski definition) is 4.